The molecule has 3 aromatic rings. The van der Waals surface area contributed by atoms with Crippen molar-refractivity contribution in [2.75, 3.05) is 6.61 Å². The highest BCUT2D eigenvalue weighted by Gasteiger charge is 2.09. The number of aromatic nitrogens is 2. The van der Waals surface area contributed by atoms with E-state index in [1.807, 2.05) is 24.3 Å². The first-order chi connectivity index (χ1) is 10.2. The van der Waals surface area contributed by atoms with Crippen LogP contribution < -0.4 is 4.74 Å². The van der Waals surface area contributed by atoms with Crippen LogP contribution in [0.5, 0.6) is 5.75 Å². The molecule has 3 rings (SSSR count). The molecule has 0 saturated heterocycles. The normalized spacial score (nSPS) is 11.0. The first-order valence-corrected chi connectivity index (χ1v) is 7.86. The fourth-order valence-electron chi connectivity index (χ4n) is 2.34. The molecular formula is C17H17BrN2O. The summed E-state index contributed by atoms with van der Waals surface area (Å²) in [5.41, 5.74) is 4.24. The summed E-state index contributed by atoms with van der Waals surface area (Å²) in [6.45, 7) is 4.90. The van der Waals surface area contributed by atoms with Crippen molar-refractivity contribution in [2.45, 2.75) is 20.3 Å². The number of H-pyrrole nitrogens is 1. The molecule has 0 bridgehead atoms. The number of fused-ring (bicyclic) bond motifs is 1. The lowest BCUT2D eigenvalue weighted by Gasteiger charge is -2.05. The number of benzene rings is 2. The summed E-state index contributed by atoms with van der Waals surface area (Å²) in [6.07, 6.45) is 1.00. The SMILES string of the molecule is CCCOc1cccc(-c2nc3c(C)cc(Br)cc3[nH]2)c1. The van der Waals surface area contributed by atoms with Crippen LogP contribution in [0.1, 0.15) is 18.9 Å². The van der Waals surface area contributed by atoms with E-state index in [9.17, 15) is 0 Å². The molecule has 0 aliphatic rings. The predicted octanol–water partition coefficient (Wildman–Crippen LogP) is 5.09. The monoisotopic (exact) mass is 344 g/mol. The minimum atomic E-state index is 0.732. The Labute approximate surface area is 132 Å². The zero-order valence-electron chi connectivity index (χ0n) is 12.1. The third kappa shape index (κ3) is 2.95. The Morgan fingerprint density at radius 2 is 2.10 bits per heavy atom. The van der Waals surface area contributed by atoms with Gasteiger partial charge in [-0.2, -0.15) is 0 Å². The standard InChI is InChI=1S/C17H17BrN2O/c1-3-7-21-14-6-4-5-12(9-14)17-19-15-10-13(18)8-11(2)16(15)20-17/h4-6,8-10H,3,7H2,1-2H3,(H,19,20). The Balaban J connectivity index is 2.02. The van der Waals surface area contributed by atoms with E-state index in [2.05, 4.69) is 46.9 Å². The predicted molar refractivity (Wildman–Crippen MR) is 89.8 cm³/mol. The van der Waals surface area contributed by atoms with Gasteiger partial charge >= 0.3 is 0 Å². The molecular weight excluding hydrogens is 328 g/mol. The molecule has 0 fully saturated rings. The van der Waals surface area contributed by atoms with E-state index < -0.39 is 0 Å². The van der Waals surface area contributed by atoms with Crippen molar-refractivity contribution in [3.05, 3.63) is 46.4 Å². The molecule has 1 N–H and O–H groups in total. The van der Waals surface area contributed by atoms with Crippen molar-refractivity contribution in [2.24, 2.45) is 0 Å². The lowest BCUT2D eigenvalue weighted by Crippen LogP contribution is -1.94. The van der Waals surface area contributed by atoms with Gasteiger partial charge in [0, 0.05) is 10.0 Å². The van der Waals surface area contributed by atoms with Gasteiger partial charge in [0.15, 0.2) is 0 Å². The molecule has 0 saturated carbocycles. The number of nitrogens with zero attached hydrogens (tertiary/aromatic N) is 1. The Hall–Kier alpha value is -1.81. The number of hydrogen-bond acceptors (Lipinski definition) is 2. The van der Waals surface area contributed by atoms with E-state index in [1.165, 1.54) is 0 Å². The molecule has 0 aliphatic heterocycles. The summed E-state index contributed by atoms with van der Waals surface area (Å²) >= 11 is 3.52. The van der Waals surface area contributed by atoms with Crippen molar-refractivity contribution in [3.8, 4) is 17.1 Å². The number of aromatic amines is 1. The zero-order chi connectivity index (χ0) is 14.8. The molecule has 3 nitrogen and oxygen atoms in total. The largest absolute Gasteiger partial charge is 0.494 e. The number of ether oxygens (including phenoxy) is 1. The van der Waals surface area contributed by atoms with Crippen LogP contribution in [0.15, 0.2) is 40.9 Å². The Morgan fingerprint density at radius 3 is 2.90 bits per heavy atom. The van der Waals surface area contributed by atoms with Crippen molar-refractivity contribution >= 4 is 27.0 Å². The van der Waals surface area contributed by atoms with Crippen molar-refractivity contribution in [1.29, 1.82) is 0 Å². The molecule has 0 aliphatic carbocycles. The number of rotatable bonds is 4. The third-order valence-electron chi connectivity index (χ3n) is 3.32. The van der Waals surface area contributed by atoms with Gasteiger partial charge in [-0.15, -0.1) is 0 Å². The van der Waals surface area contributed by atoms with Crippen LogP contribution in [-0.4, -0.2) is 16.6 Å². The molecule has 108 valence electrons. The second kappa shape index (κ2) is 5.90. The maximum absolute atomic E-state index is 5.69. The second-order valence-corrected chi connectivity index (χ2v) is 6.00. The van der Waals surface area contributed by atoms with Crippen molar-refractivity contribution < 1.29 is 4.74 Å². The van der Waals surface area contributed by atoms with Crippen molar-refractivity contribution in [3.63, 3.8) is 0 Å². The summed E-state index contributed by atoms with van der Waals surface area (Å²) in [4.78, 5) is 8.09. The molecule has 1 heterocycles. The number of aryl methyl sites for hydroxylation is 1. The average molecular weight is 345 g/mol. The maximum atomic E-state index is 5.69. The average Bonchev–Trinajstić information content (AvgIpc) is 2.89. The molecule has 1 aromatic heterocycles. The van der Waals surface area contributed by atoms with Crippen LogP contribution in [0, 0.1) is 6.92 Å². The van der Waals surface area contributed by atoms with E-state index in [-0.39, 0.29) is 0 Å². The van der Waals surface area contributed by atoms with Gasteiger partial charge < -0.3 is 9.72 Å². The van der Waals surface area contributed by atoms with Gasteiger partial charge in [-0.3, -0.25) is 0 Å². The molecule has 0 amide bonds. The van der Waals surface area contributed by atoms with Gasteiger partial charge in [-0.1, -0.05) is 35.0 Å². The number of nitrogens with one attached hydrogen (secondary N) is 1. The first-order valence-electron chi connectivity index (χ1n) is 7.06. The highest BCUT2D eigenvalue weighted by atomic mass is 79.9. The Bertz CT molecular complexity index is 780. The van der Waals surface area contributed by atoms with Crippen LogP contribution in [0.3, 0.4) is 0 Å². The Morgan fingerprint density at radius 1 is 1.24 bits per heavy atom. The van der Waals surface area contributed by atoms with Crippen LogP contribution >= 0.6 is 15.9 Å². The molecule has 0 radical (unpaired) electrons. The number of halogens is 1. The first kappa shape index (κ1) is 14.1. The maximum Gasteiger partial charge on any atom is 0.138 e. The summed E-state index contributed by atoms with van der Waals surface area (Å²) < 4.78 is 6.74. The number of hydrogen-bond donors (Lipinski definition) is 1. The van der Waals surface area contributed by atoms with E-state index in [0.717, 1.165) is 51.2 Å². The van der Waals surface area contributed by atoms with E-state index >= 15 is 0 Å². The van der Waals surface area contributed by atoms with Gasteiger partial charge in [0.05, 0.1) is 17.6 Å². The van der Waals surface area contributed by atoms with Gasteiger partial charge in [0.1, 0.15) is 11.6 Å². The van der Waals surface area contributed by atoms with E-state index in [4.69, 9.17) is 9.72 Å². The summed E-state index contributed by atoms with van der Waals surface area (Å²) in [5, 5.41) is 0. The molecule has 0 atom stereocenters. The highest BCUT2D eigenvalue weighted by Crippen LogP contribution is 2.27. The highest BCUT2D eigenvalue weighted by molar-refractivity contribution is 9.10. The molecule has 0 spiro atoms. The molecule has 2 aromatic carbocycles. The lowest BCUT2D eigenvalue weighted by molar-refractivity contribution is 0.317. The molecule has 0 unspecified atom stereocenters. The fraction of sp³-hybridized carbons (Fsp3) is 0.235. The van der Waals surface area contributed by atoms with Crippen molar-refractivity contribution in [1.82, 2.24) is 9.97 Å². The second-order valence-electron chi connectivity index (χ2n) is 5.08. The van der Waals surface area contributed by atoms with Crippen LogP contribution in [0.4, 0.5) is 0 Å². The fourth-order valence-corrected chi connectivity index (χ4v) is 2.91. The summed E-state index contributed by atoms with van der Waals surface area (Å²) in [5.74, 6) is 1.75. The smallest absolute Gasteiger partial charge is 0.138 e. The molecule has 21 heavy (non-hydrogen) atoms. The zero-order valence-corrected chi connectivity index (χ0v) is 13.7. The summed E-state index contributed by atoms with van der Waals surface area (Å²) in [6, 6.07) is 12.2. The minimum absolute atomic E-state index is 0.732. The van der Waals surface area contributed by atoms with E-state index in [1.54, 1.807) is 0 Å². The lowest BCUT2D eigenvalue weighted by atomic mass is 10.2. The van der Waals surface area contributed by atoms with Crippen LogP contribution in [0.2, 0.25) is 0 Å². The topological polar surface area (TPSA) is 37.9 Å². The Kier molecular flexibility index (Phi) is 3.97. The van der Waals surface area contributed by atoms with Crippen LogP contribution in [-0.2, 0) is 0 Å². The van der Waals surface area contributed by atoms with Gasteiger partial charge in [0.2, 0.25) is 0 Å². The summed E-state index contributed by atoms with van der Waals surface area (Å²) in [7, 11) is 0. The van der Waals surface area contributed by atoms with Gasteiger partial charge in [0.25, 0.3) is 0 Å². The third-order valence-corrected chi connectivity index (χ3v) is 3.78. The number of imidazole rings is 1. The van der Waals surface area contributed by atoms with Crippen LogP contribution in [0.25, 0.3) is 22.4 Å². The van der Waals surface area contributed by atoms with Gasteiger partial charge in [-0.25, -0.2) is 4.98 Å². The minimum Gasteiger partial charge on any atom is -0.494 e. The quantitative estimate of drug-likeness (QED) is 0.715. The van der Waals surface area contributed by atoms with Gasteiger partial charge in [-0.05, 0) is 43.2 Å². The van der Waals surface area contributed by atoms with E-state index in [0.29, 0.717) is 0 Å². The molecule has 4 heteroatoms.